The molecule has 3 aromatic heterocycles. The van der Waals surface area contributed by atoms with E-state index >= 15 is 0 Å². The molecule has 6 rings (SSSR count). The lowest BCUT2D eigenvalue weighted by atomic mass is 10.0. The van der Waals surface area contributed by atoms with Gasteiger partial charge in [-0.1, -0.05) is 59.8 Å². The van der Waals surface area contributed by atoms with E-state index in [1.54, 1.807) is 63.2 Å². The predicted molar refractivity (Wildman–Crippen MR) is 175 cm³/mol. The highest BCUT2D eigenvalue weighted by atomic mass is 32.2. The molecule has 0 atom stereocenters. The van der Waals surface area contributed by atoms with Crippen molar-refractivity contribution in [3.8, 4) is 11.5 Å². The fourth-order valence-corrected chi connectivity index (χ4v) is 6.38. The van der Waals surface area contributed by atoms with Gasteiger partial charge in [0.2, 0.25) is 10.0 Å². The van der Waals surface area contributed by atoms with Gasteiger partial charge in [0.05, 0.1) is 30.2 Å². The van der Waals surface area contributed by atoms with Crippen molar-refractivity contribution >= 4 is 43.6 Å². The molecule has 3 N–H and O–H groups in total. The normalized spacial score (nSPS) is 12.0. The Labute approximate surface area is 264 Å². The number of pyridine rings is 1. The molecule has 0 spiro atoms. The van der Waals surface area contributed by atoms with Crippen molar-refractivity contribution in [1.29, 1.82) is 0 Å². The first kappa shape index (κ1) is 30.6. The maximum atomic E-state index is 13.2. The number of hydrogen-bond donors (Lipinski definition) is 3. The van der Waals surface area contributed by atoms with E-state index in [0.29, 0.717) is 28.3 Å². The number of carbonyl (C=O) groups is 1. The molecule has 3 aromatic carbocycles. The Morgan fingerprint density at radius 1 is 0.978 bits per heavy atom. The molecule has 0 aliphatic heterocycles. The standard InChI is InChI=1S/C33H32N6O6S/c1-33(2,3)44-31(40)34-18-25-14-13-23-17-28(29-36-32(41)45-37-29)39(30(23)35-25)19-24-16-26(15-22-11-7-8-12-27(22)24)38-46(42,43)20-21-9-5-4-6-10-21/h4-17,38H,18-20H2,1-3H3,(H,34,40)(H,36,37,41). The van der Waals surface area contributed by atoms with Crippen LogP contribution in [0.5, 0.6) is 0 Å². The third-order valence-electron chi connectivity index (χ3n) is 7.05. The van der Waals surface area contributed by atoms with E-state index in [4.69, 9.17) is 14.2 Å². The molecule has 0 fully saturated rings. The van der Waals surface area contributed by atoms with E-state index in [9.17, 15) is 18.0 Å². The molecule has 13 heteroatoms. The number of aromatic amines is 1. The number of anilines is 1. The largest absolute Gasteiger partial charge is 0.444 e. The van der Waals surface area contributed by atoms with Gasteiger partial charge in [0, 0.05) is 11.1 Å². The van der Waals surface area contributed by atoms with Crippen molar-refractivity contribution in [3.05, 3.63) is 112 Å². The molecule has 12 nitrogen and oxygen atoms in total. The number of rotatable bonds is 9. The number of benzene rings is 3. The third-order valence-corrected chi connectivity index (χ3v) is 8.31. The molecular formula is C33H32N6O6S. The second-order valence-corrected chi connectivity index (χ2v) is 13.6. The highest BCUT2D eigenvalue weighted by Crippen LogP contribution is 2.31. The van der Waals surface area contributed by atoms with Crippen molar-refractivity contribution in [1.82, 2.24) is 25.0 Å². The van der Waals surface area contributed by atoms with Crippen LogP contribution in [-0.4, -0.2) is 39.8 Å². The van der Waals surface area contributed by atoms with Crippen LogP contribution in [0, 0.1) is 0 Å². The van der Waals surface area contributed by atoms with E-state index in [1.807, 2.05) is 47.0 Å². The Morgan fingerprint density at radius 2 is 1.74 bits per heavy atom. The first-order valence-electron chi connectivity index (χ1n) is 14.5. The summed E-state index contributed by atoms with van der Waals surface area (Å²) < 4.78 is 41.1. The minimum Gasteiger partial charge on any atom is -0.444 e. The number of ether oxygens (including phenoxy) is 1. The maximum Gasteiger partial charge on any atom is 0.439 e. The quantitative estimate of drug-likeness (QED) is 0.185. The summed E-state index contributed by atoms with van der Waals surface area (Å²) >= 11 is 0. The van der Waals surface area contributed by atoms with Gasteiger partial charge >= 0.3 is 11.8 Å². The van der Waals surface area contributed by atoms with Gasteiger partial charge in [-0.3, -0.25) is 14.2 Å². The van der Waals surface area contributed by atoms with E-state index in [0.717, 1.165) is 21.7 Å². The van der Waals surface area contributed by atoms with Crippen molar-refractivity contribution in [2.24, 2.45) is 0 Å². The molecule has 1 amide bonds. The molecule has 236 valence electrons. The zero-order chi connectivity index (χ0) is 32.5. The summed E-state index contributed by atoms with van der Waals surface area (Å²) in [6.07, 6.45) is -0.566. The SMILES string of the molecule is CC(C)(C)OC(=O)NCc1ccc2cc(-c3noc(=O)[nH]3)n(Cc3cc(NS(=O)(=O)Cc4ccccc4)cc4ccccc34)c2n1. The lowest BCUT2D eigenvalue weighted by Gasteiger charge is -2.19. The number of amides is 1. The summed E-state index contributed by atoms with van der Waals surface area (Å²) in [6.45, 7) is 5.71. The molecule has 0 bridgehead atoms. The fraction of sp³-hybridized carbons (Fsp3) is 0.212. The highest BCUT2D eigenvalue weighted by molar-refractivity contribution is 7.91. The molecule has 0 unspecified atom stereocenters. The molecule has 46 heavy (non-hydrogen) atoms. The monoisotopic (exact) mass is 640 g/mol. The van der Waals surface area contributed by atoms with Gasteiger partial charge in [0.1, 0.15) is 11.2 Å². The van der Waals surface area contributed by atoms with Crippen LogP contribution in [0.25, 0.3) is 33.3 Å². The Bertz CT molecular complexity index is 2210. The van der Waals surface area contributed by atoms with Crippen LogP contribution < -0.4 is 15.8 Å². The summed E-state index contributed by atoms with van der Waals surface area (Å²) in [5.41, 5.74) is 2.89. The first-order valence-corrected chi connectivity index (χ1v) is 16.2. The van der Waals surface area contributed by atoms with Gasteiger partial charge in [-0.2, -0.15) is 0 Å². The summed E-state index contributed by atoms with van der Waals surface area (Å²) in [5, 5.41) is 9.13. The fourth-order valence-electron chi connectivity index (χ4n) is 5.20. The third kappa shape index (κ3) is 7.10. The van der Waals surface area contributed by atoms with E-state index in [2.05, 4.69) is 20.2 Å². The van der Waals surface area contributed by atoms with Gasteiger partial charge in [-0.15, -0.1) is 0 Å². The van der Waals surface area contributed by atoms with Crippen molar-refractivity contribution in [3.63, 3.8) is 0 Å². The number of nitrogens with zero attached hydrogens (tertiary/aromatic N) is 3. The lowest BCUT2D eigenvalue weighted by molar-refractivity contribution is 0.0523. The van der Waals surface area contributed by atoms with Gasteiger partial charge in [0.25, 0.3) is 0 Å². The molecule has 3 heterocycles. The number of H-pyrrole nitrogens is 1. The Morgan fingerprint density at radius 3 is 2.48 bits per heavy atom. The van der Waals surface area contributed by atoms with E-state index < -0.39 is 27.5 Å². The minimum absolute atomic E-state index is 0.119. The number of fused-ring (bicyclic) bond motifs is 2. The number of carbonyl (C=O) groups excluding carboxylic acids is 1. The topological polar surface area (TPSA) is 161 Å². The van der Waals surface area contributed by atoms with Crippen LogP contribution >= 0.6 is 0 Å². The summed E-state index contributed by atoms with van der Waals surface area (Å²) in [4.78, 5) is 31.6. The van der Waals surface area contributed by atoms with Gasteiger partial charge in [-0.25, -0.2) is 23.0 Å². The Kier molecular flexibility index (Phi) is 8.09. The van der Waals surface area contributed by atoms with Crippen LogP contribution in [0.1, 0.15) is 37.6 Å². The van der Waals surface area contributed by atoms with Gasteiger partial charge in [0.15, 0.2) is 5.82 Å². The number of sulfonamides is 1. The molecule has 0 saturated carbocycles. The number of alkyl carbamates (subject to hydrolysis) is 1. The number of nitrogens with one attached hydrogen (secondary N) is 3. The average molecular weight is 641 g/mol. The zero-order valence-electron chi connectivity index (χ0n) is 25.4. The van der Waals surface area contributed by atoms with Crippen molar-refractivity contribution in [2.75, 3.05) is 4.72 Å². The van der Waals surface area contributed by atoms with E-state index in [-0.39, 0.29) is 24.7 Å². The van der Waals surface area contributed by atoms with Crippen LogP contribution in [0.2, 0.25) is 0 Å². The van der Waals surface area contributed by atoms with E-state index in [1.165, 1.54) is 0 Å². The van der Waals surface area contributed by atoms with Gasteiger partial charge < -0.3 is 14.6 Å². The summed E-state index contributed by atoms with van der Waals surface area (Å²) in [6, 6.07) is 25.7. The molecule has 6 aromatic rings. The second kappa shape index (κ2) is 12.2. The molecular weight excluding hydrogens is 608 g/mol. The average Bonchev–Trinajstić information content (AvgIpc) is 3.58. The minimum atomic E-state index is -3.72. The first-order chi connectivity index (χ1) is 21.9. The summed E-state index contributed by atoms with van der Waals surface area (Å²) in [5.74, 6) is -0.672. The molecule has 0 saturated heterocycles. The Balaban J connectivity index is 1.40. The van der Waals surface area contributed by atoms with Crippen LogP contribution in [0.15, 0.2) is 94.2 Å². The molecule has 0 aliphatic carbocycles. The van der Waals surface area contributed by atoms with Crippen LogP contribution in [-0.2, 0) is 33.6 Å². The highest BCUT2D eigenvalue weighted by Gasteiger charge is 2.20. The van der Waals surface area contributed by atoms with Crippen LogP contribution in [0.4, 0.5) is 10.5 Å². The number of aromatic nitrogens is 4. The summed E-state index contributed by atoms with van der Waals surface area (Å²) in [7, 11) is -3.72. The molecule has 0 radical (unpaired) electrons. The smallest absolute Gasteiger partial charge is 0.439 e. The Hall–Kier alpha value is -5.43. The second-order valence-electron chi connectivity index (χ2n) is 11.8. The predicted octanol–water partition coefficient (Wildman–Crippen LogP) is 5.55. The number of hydrogen-bond acceptors (Lipinski definition) is 8. The van der Waals surface area contributed by atoms with Crippen molar-refractivity contribution in [2.45, 2.75) is 45.2 Å². The lowest BCUT2D eigenvalue weighted by Crippen LogP contribution is -2.32. The van der Waals surface area contributed by atoms with Gasteiger partial charge in [-0.05, 0) is 73.0 Å². The molecule has 0 aliphatic rings. The van der Waals surface area contributed by atoms with Crippen LogP contribution in [0.3, 0.4) is 0 Å². The van der Waals surface area contributed by atoms with Crippen molar-refractivity contribution < 1.29 is 22.5 Å². The zero-order valence-corrected chi connectivity index (χ0v) is 26.2. The maximum absolute atomic E-state index is 13.2.